The number of ether oxygens (including phenoxy) is 1. The minimum absolute atomic E-state index is 0.0305. The third-order valence-electron chi connectivity index (χ3n) is 4.65. The lowest BCUT2D eigenvalue weighted by molar-refractivity contribution is -0.137. The maximum Gasteiger partial charge on any atom is 0.416 e. The maximum absolute atomic E-state index is 13.6. The van der Waals surface area contributed by atoms with E-state index in [0.717, 1.165) is 17.7 Å². The van der Waals surface area contributed by atoms with Crippen molar-refractivity contribution in [2.24, 2.45) is 10.9 Å². The molecular weight excluding hydrogens is 397 g/mol. The van der Waals surface area contributed by atoms with Crippen LogP contribution in [0.3, 0.4) is 0 Å². The summed E-state index contributed by atoms with van der Waals surface area (Å²) in [6.45, 7) is 1.83. The van der Waals surface area contributed by atoms with Crippen molar-refractivity contribution in [3.05, 3.63) is 71.3 Å². The van der Waals surface area contributed by atoms with E-state index in [9.17, 15) is 23.5 Å². The number of methoxy groups -OCH3 is 1. The van der Waals surface area contributed by atoms with Crippen LogP contribution < -0.4 is 10.5 Å². The molecular formula is C22H19F3N2O3. The van der Waals surface area contributed by atoms with Gasteiger partial charge in [-0.15, -0.1) is 0 Å². The summed E-state index contributed by atoms with van der Waals surface area (Å²) < 4.78 is 46.3. The SMILES string of the molecule is COc1ccc(C)cc1-c1c(/C(N)=N/O)cc(C(F)(F)F)cc1-c1ccc(O)cc1. The van der Waals surface area contributed by atoms with Gasteiger partial charge in [-0.2, -0.15) is 13.2 Å². The molecule has 0 fully saturated rings. The van der Waals surface area contributed by atoms with E-state index in [1.54, 1.807) is 18.2 Å². The number of nitrogens with two attached hydrogens (primary N) is 1. The van der Waals surface area contributed by atoms with Crippen LogP contribution in [0.15, 0.2) is 59.8 Å². The highest BCUT2D eigenvalue weighted by Crippen LogP contribution is 2.44. The zero-order chi connectivity index (χ0) is 22.1. The fraction of sp³-hybridized carbons (Fsp3) is 0.136. The minimum Gasteiger partial charge on any atom is -0.508 e. The molecule has 0 saturated carbocycles. The molecule has 0 atom stereocenters. The van der Waals surface area contributed by atoms with Gasteiger partial charge in [-0.25, -0.2) is 0 Å². The van der Waals surface area contributed by atoms with Crippen LogP contribution in [0.5, 0.6) is 11.5 Å². The number of alkyl halides is 3. The lowest BCUT2D eigenvalue weighted by atomic mass is 9.87. The zero-order valence-electron chi connectivity index (χ0n) is 16.2. The van der Waals surface area contributed by atoms with Crippen molar-refractivity contribution in [2.75, 3.05) is 7.11 Å². The molecule has 3 aromatic carbocycles. The monoisotopic (exact) mass is 416 g/mol. The van der Waals surface area contributed by atoms with Crippen molar-refractivity contribution < 1.29 is 28.2 Å². The van der Waals surface area contributed by atoms with Crippen LogP contribution in [0.4, 0.5) is 13.2 Å². The van der Waals surface area contributed by atoms with Gasteiger partial charge in [-0.05, 0) is 54.4 Å². The van der Waals surface area contributed by atoms with Gasteiger partial charge in [0.25, 0.3) is 0 Å². The van der Waals surface area contributed by atoms with E-state index in [2.05, 4.69) is 5.16 Å². The average molecular weight is 416 g/mol. The van der Waals surface area contributed by atoms with Gasteiger partial charge in [0.15, 0.2) is 5.84 Å². The summed E-state index contributed by atoms with van der Waals surface area (Å²) in [7, 11) is 1.45. The van der Waals surface area contributed by atoms with Gasteiger partial charge >= 0.3 is 6.18 Å². The minimum atomic E-state index is -4.66. The topological polar surface area (TPSA) is 88.1 Å². The van der Waals surface area contributed by atoms with Crippen molar-refractivity contribution in [3.8, 4) is 33.8 Å². The number of nitrogens with zero attached hydrogens (tertiary/aromatic N) is 1. The van der Waals surface area contributed by atoms with Gasteiger partial charge in [0, 0.05) is 16.7 Å². The van der Waals surface area contributed by atoms with Gasteiger partial charge < -0.3 is 20.8 Å². The highest BCUT2D eigenvalue weighted by molar-refractivity contribution is 6.07. The van der Waals surface area contributed by atoms with Crippen LogP contribution in [0, 0.1) is 6.92 Å². The molecule has 0 saturated heterocycles. The second-order valence-electron chi connectivity index (χ2n) is 6.68. The van der Waals surface area contributed by atoms with Crippen molar-refractivity contribution in [1.82, 2.24) is 0 Å². The number of hydrogen-bond acceptors (Lipinski definition) is 4. The van der Waals surface area contributed by atoms with E-state index < -0.39 is 17.6 Å². The van der Waals surface area contributed by atoms with Crippen molar-refractivity contribution in [3.63, 3.8) is 0 Å². The summed E-state index contributed by atoms with van der Waals surface area (Å²) >= 11 is 0. The second kappa shape index (κ2) is 7.98. The molecule has 0 bridgehead atoms. The van der Waals surface area contributed by atoms with Gasteiger partial charge in [-0.3, -0.25) is 0 Å². The molecule has 4 N–H and O–H groups in total. The Labute approximate surface area is 170 Å². The molecule has 0 heterocycles. The number of hydrogen-bond donors (Lipinski definition) is 3. The Hall–Kier alpha value is -3.68. The van der Waals surface area contributed by atoms with E-state index in [-0.39, 0.29) is 16.9 Å². The second-order valence-corrected chi connectivity index (χ2v) is 6.68. The number of aryl methyl sites for hydroxylation is 1. The van der Waals surface area contributed by atoms with E-state index in [4.69, 9.17) is 10.5 Å². The summed E-state index contributed by atoms with van der Waals surface area (Å²) in [5, 5.41) is 21.8. The highest BCUT2D eigenvalue weighted by atomic mass is 19.4. The lowest BCUT2D eigenvalue weighted by Gasteiger charge is -2.20. The predicted octanol–water partition coefficient (Wildman–Crippen LogP) is 5.16. The van der Waals surface area contributed by atoms with E-state index >= 15 is 0 Å². The first-order valence-corrected chi connectivity index (χ1v) is 8.83. The Bertz CT molecular complexity index is 1110. The molecule has 3 aromatic rings. The number of amidine groups is 1. The molecule has 8 heteroatoms. The highest BCUT2D eigenvalue weighted by Gasteiger charge is 2.33. The summed E-state index contributed by atoms with van der Waals surface area (Å²) in [5.74, 6) is -0.0934. The fourth-order valence-corrected chi connectivity index (χ4v) is 3.24. The molecule has 0 radical (unpaired) electrons. The van der Waals surface area contributed by atoms with Gasteiger partial charge in [-0.1, -0.05) is 28.9 Å². The van der Waals surface area contributed by atoms with E-state index in [1.165, 1.54) is 31.4 Å². The first-order valence-electron chi connectivity index (χ1n) is 8.83. The predicted molar refractivity (Wildman–Crippen MR) is 108 cm³/mol. The van der Waals surface area contributed by atoms with Gasteiger partial charge in [0.2, 0.25) is 0 Å². The maximum atomic E-state index is 13.6. The van der Waals surface area contributed by atoms with Gasteiger partial charge in [0.05, 0.1) is 12.7 Å². The number of phenolic OH excluding ortho intramolecular Hbond substituents is 1. The molecule has 30 heavy (non-hydrogen) atoms. The molecule has 3 rings (SSSR count). The number of halogens is 3. The molecule has 156 valence electrons. The van der Waals surface area contributed by atoms with Crippen molar-refractivity contribution in [2.45, 2.75) is 13.1 Å². The van der Waals surface area contributed by atoms with Crippen LogP contribution in [-0.2, 0) is 6.18 Å². The smallest absolute Gasteiger partial charge is 0.416 e. The first kappa shape index (κ1) is 21.0. The lowest BCUT2D eigenvalue weighted by Crippen LogP contribution is -2.17. The average Bonchev–Trinajstić information content (AvgIpc) is 2.72. The third kappa shape index (κ3) is 4.03. The van der Waals surface area contributed by atoms with Gasteiger partial charge in [0.1, 0.15) is 11.5 Å². The molecule has 0 spiro atoms. The zero-order valence-corrected chi connectivity index (χ0v) is 16.2. The standard InChI is InChI=1S/C22H19F3N2O3/c1-12-3-8-19(30-2)17(9-12)20-16(13-4-6-15(28)7-5-13)10-14(22(23,24)25)11-18(20)21(26)27-29/h3-11,28-29H,1-2H3,(H2,26,27). The van der Waals surface area contributed by atoms with E-state index in [0.29, 0.717) is 22.4 Å². The number of benzene rings is 3. The third-order valence-corrected chi connectivity index (χ3v) is 4.65. The summed E-state index contributed by atoms with van der Waals surface area (Å²) in [5.41, 5.74) is 6.97. The molecule has 5 nitrogen and oxygen atoms in total. The van der Waals surface area contributed by atoms with Crippen LogP contribution in [0.25, 0.3) is 22.3 Å². The molecule has 0 aliphatic rings. The molecule has 0 aliphatic heterocycles. The first-order chi connectivity index (χ1) is 14.2. The Morgan fingerprint density at radius 1 is 1.00 bits per heavy atom. The van der Waals surface area contributed by atoms with Crippen molar-refractivity contribution in [1.29, 1.82) is 0 Å². The van der Waals surface area contributed by atoms with E-state index in [1.807, 2.05) is 6.92 Å². The Kier molecular flexibility index (Phi) is 5.60. The largest absolute Gasteiger partial charge is 0.508 e. The van der Waals surface area contributed by atoms with Crippen LogP contribution >= 0.6 is 0 Å². The number of oxime groups is 1. The number of aromatic hydroxyl groups is 1. The molecule has 0 unspecified atom stereocenters. The molecule has 0 amide bonds. The molecule has 0 aromatic heterocycles. The normalized spacial score (nSPS) is 12.1. The molecule has 0 aliphatic carbocycles. The number of rotatable bonds is 4. The Morgan fingerprint density at radius 2 is 1.67 bits per heavy atom. The fourth-order valence-electron chi connectivity index (χ4n) is 3.24. The van der Waals surface area contributed by atoms with Crippen molar-refractivity contribution >= 4 is 5.84 Å². The Balaban J connectivity index is 2.50. The summed E-state index contributed by atoms with van der Waals surface area (Å²) in [6, 6.07) is 12.8. The summed E-state index contributed by atoms with van der Waals surface area (Å²) in [4.78, 5) is 0. The summed E-state index contributed by atoms with van der Waals surface area (Å²) in [6.07, 6.45) is -4.66. The van der Waals surface area contributed by atoms with Crippen LogP contribution in [-0.4, -0.2) is 23.3 Å². The number of phenols is 1. The van der Waals surface area contributed by atoms with Crippen LogP contribution in [0.1, 0.15) is 16.7 Å². The van der Waals surface area contributed by atoms with Crippen LogP contribution in [0.2, 0.25) is 0 Å². The quantitative estimate of drug-likeness (QED) is 0.237. The Morgan fingerprint density at radius 3 is 2.23 bits per heavy atom.